The fourth-order valence-corrected chi connectivity index (χ4v) is 0.0577. The molecule has 0 atom stereocenters. The molecule has 0 aromatic carbocycles. The third kappa shape index (κ3) is 41.6. The van der Waals surface area contributed by atoms with E-state index in [1.54, 1.807) is 0 Å². The summed E-state index contributed by atoms with van der Waals surface area (Å²) in [6.45, 7) is -0.729. The van der Waals surface area contributed by atoms with Gasteiger partial charge in [0.05, 0.1) is 13.2 Å². The van der Waals surface area contributed by atoms with Crippen LogP contribution in [0.4, 0.5) is 0 Å². The monoisotopic (exact) mass is 189 g/mol. The molecule has 11 heavy (non-hydrogen) atoms. The lowest BCUT2D eigenvalue weighted by Crippen LogP contribution is -2.15. The summed E-state index contributed by atoms with van der Waals surface area (Å²) in [5.74, 6) is 0. The van der Waals surface area contributed by atoms with Gasteiger partial charge in [-0.3, -0.25) is 4.55 Å². The Morgan fingerprint density at radius 3 is 1.45 bits per heavy atom. The summed E-state index contributed by atoms with van der Waals surface area (Å²) in [4.78, 5) is 0. The van der Waals surface area contributed by atoms with E-state index in [0.29, 0.717) is 0 Å². The second kappa shape index (κ2) is 6.46. The van der Waals surface area contributed by atoms with E-state index in [4.69, 9.17) is 28.3 Å². The van der Waals surface area contributed by atoms with Gasteiger partial charge < -0.3 is 15.3 Å². The molecule has 0 aromatic heterocycles. The molecule has 0 aromatic rings. The first kappa shape index (κ1) is 13.3. The van der Waals surface area contributed by atoms with Crippen molar-refractivity contribution in [3.63, 3.8) is 0 Å². The van der Waals surface area contributed by atoms with Crippen LogP contribution in [-0.4, -0.2) is 47.6 Å². The molecule has 0 aliphatic rings. The van der Waals surface area contributed by atoms with E-state index >= 15 is 0 Å². The SMILES string of the molecule is NS(=O)(=O)O.OCC(O)CO. The second-order valence-electron chi connectivity index (χ2n) is 1.53. The van der Waals surface area contributed by atoms with E-state index in [-0.39, 0.29) is 13.2 Å². The molecule has 6 N–H and O–H groups in total. The first-order valence-electron chi connectivity index (χ1n) is 2.46. The van der Waals surface area contributed by atoms with E-state index in [2.05, 4.69) is 5.14 Å². The standard InChI is InChI=1S/C3H8O3.H3NO3S/c4-1-3(6)2-5;1-5(2,3)4/h3-6H,1-2H2;(H3,1,2,3,4). The van der Waals surface area contributed by atoms with Gasteiger partial charge in [0.2, 0.25) is 0 Å². The minimum atomic E-state index is -4.17. The molecule has 8 heteroatoms. The van der Waals surface area contributed by atoms with Crippen LogP contribution in [0.15, 0.2) is 0 Å². The smallest absolute Gasteiger partial charge is 0.330 e. The van der Waals surface area contributed by atoms with Crippen LogP contribution in [0.1, 0.15) is 0 Å². The average molecular weight is 189 g/mol. The minimum Gasteiger partial charge on any atom is -0.394 e. The van der Waals surface area contributed by atoms with Gasteiger partial charge in [0.1, 0.15) is 6.10 Å². The van der Waals surface area contributed by atoms with Gasteiger partial charge in [0, 0.05) is 0 Å². The van der Waals surface area contributed by atoms with Crippen molar-refractivity contribution in [1.82, 2.24) is 0 Å². The highest BCUT2D eigenvalue weighted by atomic mass is 32.2. The van der Waals surface area contributed by atoms with Crippen LogP contribution in [-0.2, 0) is 10.3 Å². The van der Waals surface area contributed by atoms with Crippen molar-refractivity contribution in [3.8, 4) is 0 Å². The van der Waals surface area contributed by atoms with Crippen LogP contribution in [0.5, 0.6) is 0 Å². The third-order valence-corrected chi connectivity index (χ3v) is 0.421. The lowest BCUT2D eigenvalue weighted by atomic mass is 10.4. The molecule has 0 amide bonds. The lowest BCUT2D eigenvalue weighted by Gasteiger charge is -1.96. The maximum Gasteiger partial charge on any atom is 0.330 e. The van der Waals surface area contributed by atoms with Crippen LogP contribution in [0.3, 0.4) is 0 Å². The van der Waals surface area contributed by atoms with Crippen molar-refractivity contribution in [2.75, 3.05) is 13.2 Å². The molecule has 0 radical (unpaired) electrons. The van der Waals surface area contributed by atoms with Gasteiger partial charge >= 0.3 is 10.3 Å². The Labute approximate surface area is 64.0 Å². The van der Waals surface area contributed by atoms with E-state index < -0.39 is 16.4 Å². The van der Waals surface area contributed by atoms with E-state index in [9.17, 15) is 0 Å². The predicted octanol–water partition coefficient (Wildman–Crippen LogP) is -2.92. The number of hydrogen-bond acceptors (Lipinski definition) is 5. The van der Waals surface area contributed by atoms with Crippen molar-refractivity contribution in [1.29, 1.82) is 0 Å². The van der Waals surface area contributed by atoms with Gasteiger partial charge in [-0.15, -0.1) is 0 Å². The van der Waals surface area contributed by atoms with Crippen LogP contribution in [0, 0.1) is 0 Å². The van der Waals surface area contributed by atoms with E-state index in [1.165, 1.54) is 0 Å². The van der Waals surface area contributed by atoms with Crippen molar-refractivity contribution in [2.24, 2.45) is 5.14 Å². The summed E-state index contributed by atoms with van der Waals surface area (Å²) < 4.78 is 25.2. The zero-order valence-corrected chi connectivity index (χ0v) is 6.40. The fraction of sp³-hybridized carbons (Fsp3) is 1.00. The van der Waals surface area contributed by atoms with Crippen LogP contribution in [0.25, 0.3) is 0 Å². The van der Waals surface area contributed by atoms with Crippen LogP contribution < -0.4 is 5.14 Å². The van der Waals surface area contributed by atoms with Gasteiger partial charge in [-0.05, 0) is 0 Å². The molecule has 0 saturated carbocycles. The molecule has 0 aliphatic carbocycles. The van der Waals surface area contributed by atoms with Crippen molar-refractivity contribution in [3.05, 3.63) is 0 Å². The molecule has 0 rings (SSSR count). The highest BCUT2D eigenvalue weighted by molar-refractivity contribution is 7.83. The maximum absolute atomic E-state index is 8.97. The topological polar surface area (TPSA) is 141 Å². The van der Waals surface area contributed by atoms with Crippen molar-refractivity contribution < 1.29 is 28.3 Å². The fourth-order valence-electron chi connectivity index (χ4n) is 0.0577. The minimum absolute atomic E-state index is 0.365. The number of rotatable bonds is 2. The first-order chi connectivity index (χ1) is 4.81. The molecule has 0 saturated heterocycles. The third-order valence-electron chi connectivity index (χ3n) is 0.421. The molecule has 0 unspecified atom stereocenters. The molecule has 7 nitrogen and oxygen atoms in total. The zero-order chi connectivity index (χ0) is 9.49. The highest BCUT2D eigenvalue weighted by Gasteiger charge is 1.93. The molecule has 0 heterocycles. The quantitative estimate of drug-likeness (QED) is 0.295. The zero-order valence-electron chi connectivity index (χ0n) is 5.58. The van der Waals surface area contributed by atoms with Gasteiger partial charge in [-0.25, -0.2) is 5.14 Å². The highest BCUT2D eigenvalue weighted by Crippen LogP contribution is 1.71. The number of hydrogen-bond donors (Lipinski definition) is 5. The van der Waals surface area contributed by atoms with Gasteiger partial charge in [-0.1, -0.05) is 0 Å². The first-order valence-corrected chi connectivity index (χ1v) is 3.96. The average Bonchev–Trinajstić information content (AvgIpc) is 1.83. The molecule has 0 spiro atoms. The predicted molar refractivity (Wildman–Crippen MR) is 35.9 cm³/mol. The Kier molecular flexibility index (Phi) is 7.84. The summed E-state index contributed by atoms with van der Waals surface area (Å²) in [7, 11) is -4.17. The Bertz CT molecular complexity index is 153. The molecular formula is C3H11NO6S. The normalized spacial score (nSPS) is 10.7. The van der Waals surface area contributed by atoms with E-state index in [0.717, 1.165) is 0 Å². The summed E-state index contributed by atoms with van der Waals surface area (Å²) in [5, 5.41) is 27.9. The number of aliphatic hydroxyl groups is 3. The maximum atomic E-state index is 8.97. The largest absolute Gasteiger partial charge is 0.394 e. The molecule has 0 aliphatic heterocycles. The molecular weight excluding hydrogens is 178 g/mol. The van der Waals surface area contributed by atoms with Gasteiger partial charge in [-0.2, -0.15) is 8.42 Å². The summed E-state index contributed by atoms with van der Waals surface area (Å²) in [6.07, 6.45) is -0.954. The van der Waals surface area contributed by atoms with Gasteiger partial charge in [0.15, 0.2) is 0 Å². The van der Waals surface area contributed by atoms with E-state index in [1.807, 2.05) is 0 Å². The van der Waals surface area contributed by atoms with Gasteiger partial charge in [0.25, 0.3) is 0 Å². The second-order valence-corrected chi connectivity index (χ2v) is 2.56. The molecule has 70 valence electrons. The Balaban J connectivity index is 0. The van der Waals surface area contributed by atoms with Crippen molar-refractivity contribution in [2.45, 2.75) is 6.10 Å². The Morgan fingerprint density at radius 2 is 1.45 bits per heavy atom. The number of aliphatic hydroxyl groups excluding tert-OH is 3. The summed E-state index contributed by atoms with van der Waals surface area (Å²) in [5.41, 5.74) is 0. The Hall–Kier alpha value is -0.250. The lowest BCUT2D eigenvalue weighted by molar-refractivity contribution is 0.0450. The van der Waals surface area contributed by atoms with Crippen LogP contribution >= 0.6 is 0 Å². The molecule has 0 bridgehead atoms. The molecule has 0 fully saturated rings. The van der Waals surface area contributed by atoms with Crippen molar-refractivity contribution >= 4 is 10.3 Å². The Morgan fingerprint density at radius 1 is 1.27 bits per heavy atom. The summed E-state index contributed by atoms with van der Waals surface area (Å²) >= 11 is 0. The van der Waals surface area contributed by atoms with Crippen LogP contribution in [0.2, 0.25) is 0 Å². The summed E-state index contributed by atoms with van der Waals surface area (Å²) in [6, 6.07) is 0. The number of nitrogens with two attached hydrogens (primary N) is 1.